The zero-order valence-corrected chi connectivity index (χ0v) is 12.5. The number of carbonyl (C=O) groups excluding carboxylic acids is 1. The van der Waals surface area contributed by atoms with Crippen LogP contribution in [0.25, 0.3) is 0 Å². The van der Waals surface area contributed by atoms with Gasteiger partial charge in [0.25, 0.3) is 11.6 Å². The Morgan fingerprint density at radius 2 is 2.00 bits per heavy atom. The number of rotatable bonds is 4. The number of aryl methyl sites for hydroxylation is 1. The molecule has 0 aliphatic rings. The molecule has 0 saturated heterocycles. The summed E-state index contributed by atoms with van der Waals surface area (Å²) in [5, 5.41) is 13.5. The SMILES string of the molecule is Cc1cc(C(=O)Nc2ccc(N(C)C)nc2)ccc1[N+](=O)[O-]. The van der Waals surface area contributed by atoms with Crippen LogP contribution in [0.15, 0.2) is 36.5 Å². The number of hydrogen-bond donors (Lipinski definition) is 1. The van der Waals surface area contributed by atoms with E-state index in [9.17, 15) is 14.9 Å². The van der Waals surface area contributed by atoms with Gasteiger partial charge in [0.1, 0.15) is 5.82 Å². The van der Waals surface area contributed by atoms with Gasteiger partial charge in [0.05, 0.1) is 16.8 Å². The molecule has 0 spiro atoms. The largest absolute Gasteiger partial charge is 0.363 e. The highest BCUT2D eigenvalue weighted by Gasteiger charge is 2.14. The van der Waals surface area contributed by atoms with E-state index in [4.69, 9.17) is 0 Å². The molecule has 1 amide bonds. The van der Waals surface area contributed by atoms with Gasteiger partial charge in [0, 0.05) is 31.3 Å². The van der Waals surface area contributed by atoms with Gasteiger partial charge >= 0.3 is 0 Å². The van der Waals surface area contributed by atoms with Gasteiger partial charge in [0.2, 0.25) is 0 Å². The van der Waals surface area contributed by atoms with E-state index in [0.29, 0.717) is 16.8 Å². The van der Waals surface area contributed by atoms with Gasteiger partial charge < -0.3 is 10.2 Å². The lowest BCUT2D eigenvalue weighted by molar-refractivity contribution is -0.385. The zero-order valence-electron chi connectivity index (χ0n) is 12.5. The van der Waals surface area contributed by atoms with Crippen molar-refractivity contribution in [3.8, 4) is 0 Å². The van der Waals surface area contributed by atoms with Gasteiger partial charge in [-0.05, 0) is 31.2 Å². The second-order valence-electron chi connectivity index (χ2n) is 5.01. The minimum Gasteiger partial charge on any atom is -0.363 e. The maximum Gasteiger partial charge on any atom is 0.272 e. The quantitative estimate of drug-likeness (QED) is 0.692. The van der Waals surface area contributed by atoms with Crippen LogP contribution in [0.5, 0.6) is 0 Å². The van der Waals surface area contributed by atoms with Gasteiger partial charge in [-0.25, -0.2) is 4.98 Å². The molecule has 1 aromatic carbocycles. The molecule has 2 aromatic rings. The maximum atomic E-state index is 12.1. The second kappa shape index (κ2) is 6.21. The molecule has 1 N–H and O–H groups in total. The van der Waals surface area contributed by atoms with Crippen LogP contribution in [0.2, 0.25) is 0 Å². The standard InChI is InChI=1S/C15H16N4O3/c1-10-8-11(4-6-13(10)19(21)22)15(20)17-12-5-7-14(16-9-12)18(2)3/h4-9H,1-3H3,(H,17,20). The van der Waals surface area contributed by atoms with Gasteiger partial charge in [-0.1, -0.05) is 0 Å². The third-order valence-electron chi connectivity index (χ3n) is 3.12. The van der Waals surface area contributed by atoms with Crippen molar-refractivity contribution >= 4 is 23.1 Å². The highest BCUT2D eigenvalue weighted by Crippen LogP contribution is 2.20. The first-order chi connectivity index (χ1) is 10.4. The fraction of sp³-hybridized carbons (Fsp3) is 0.200. The molecule has 114 valence electrons. The third kappa shape index (κ3) is 3.38. The van der Waals surface area contributed by atoms with Gasteiger partial charge in [-0.3, -0.25) is 14.9 Å². The predicted molar refractivity (Wildman–Crippen MR) is 84.4 cm³/mol. The Labute approximate surface area is 127 Å². The van der Waals surface area contributed by atoms with Gasteiger partial charge in [-0.2, -0.15) is 0 Å². The molecule has 0 atom stereocenters. The Balaban J connectivity index is 2.15. The number of carbonyl (C=O) groups is 1. The Bertz CT molecular complexity index is 711. The van der Waals surface area contributed by atoms with E-state index in [1.54, 1.807) is 25.3 Å². The molecule has 7 heteroatoms. The van der Waals surface area contributed by atoms with Gasteiger partial charge in [-0.15, -0.1) is 0 Å². The fourth-order valence-corrected chi connectivity index (χ4v) is 1.93. The molecule has 0 bridgehead atoms. The average molecular weight is 300 g/mol. The number of nitro groups is 1. The molecule has 2 rings (SSSR count). The van der Waals surface area contributed by atoms with Crippen LogP contribution >= 0.6 is 0 Å². The van der Waals surface area contributed by atoms with E-state index >= 15 is 0 Å². The molecule has 0 fully saturated rings. The molecular weight excluding hydrogens is 284 g/mol. The summed E-state index contributed by atoms with van der Waals surface area (Å²) in [5.74, 6) is 0.446. The number of benzene rings is 1. The van der Waals surface area contributed by atoms with Crippen molar-refractivity contribution in [2.45, 2.75) is 6.92 Å². The molecule has 0 aliphatic carbocycles. The van der Waals surface area contributed by atoms with E-state index < -0.39 is 4.92 Å². The molecule has 22 heavy (non-hydrogen) atoms. The Morgan fingerprint density at radius 3 is 2.50 bits per heavy atom. The maximum absolute atomic E-state index is 12.1. The Kier molecular flexibility index (Phi) is 4.36. The number of nitrogens with one attached hydrogen (secondary N) is 1. The Hall–Kier alpha value is -2.96. The molecule has 7 nitrogen and oxygen atoms in total. The van der Waals surface area contributed by atoms with E-state index in [-0.39, 0.29) is 11.6 Å². The molecule has 0 unspecified atom stereocenters. The normalized spacial score (nSPS) is 10.1. The van der Waals surface area contributed by atoms with Crippen LogP contribution in [-0.4, -0.2) is 29.9 Å². The number of amides is 1. The highest BCUT2D eigenvalue weighted by atomic mass is 16.6. The summed E-state index contributed by atoms with van der Waals surface area (Å²) in [6.07, 6.45) is 1.56. The van der Waals surface area contributed by atoms with Crippen LogP contribution in [-0.2, 0) is 0 Å². The summed E-state index contributed by atoms with van der Waals surface area (Å²) in [4.78, 5) is 28.5. The lowest BCUT2D eigenvalue weighted by atomic mass is 10.1. The number of nitrogens with zero attached hydrogens (tertiary/aromatic N) is 3. The Morgan fingerprint density at radius 1 is 1.27 bits per heavy atom. The minimum atomic E-state index is -0.471. The number of anilines is 2. The van der Waals surface area contributed by atoms with Crippen LogP contribution in [0.3, 0.4) is 0 Å². The van der Waals surface area contributed by atoms with Crippen molar-refractivity contribution in [3.63, 3.8) is 0 Å². The molecule has 1 aromatic heterocycles. The van der Waals surface area contributed by atoms with Crippen LogP contribution in [0.1, 0.15) is 15.9 Å². The van der Waals surface area contributed by atoms with Crippen molar-refractivity contribution in [1.29, 1.82) is 0 Å². The fourth-order valence-electron chi connectivity index (χ4n) is 1.93. The monoisotopic (exact) mass is 300 g/mol. The highest BCUT2D eigenvalue weighted by molar-refractivity contribution is 6.04. The van der Waals surface area contributed by atoms with Gasteiger partial charge in [0.15, 0.2) is 0 Å². The van der Waals surface area contributed by atoms with Crippen molar-refractivity contribution in [2.24, 2.45) is 0 Å². The summed E-state index contributed by atoms with van der Waals surface area (Å²) < 4.78 is 0. The first kappa shape index (κ1) is 15.4. The molecule has 0 radical (unpaired) electrons. The van der Waals surface area contributed by atoms with E-state index in [1.165, 1.54) is 18.2 Å². The predicted octanol–water partition coefficient (Wildman–Crippen LogP) is 2.62. The van der Waals surface area contributed by atoms with E-state index in [1.807, 2.05) is 19.0 Å². The minimum absolute atomic E-state index is 0.00597. The first-order valence-electron chi connectivity index (χ1n) is 6.58. The molecule has 0 aliphatic heterocycles. The smallest absolute Gasteiger partial charge is 0.272 e. The summed E-state index contributed by atoms with van der Waals surface area (Å²) >= 11 is 0. The lowest BCUT2D eigenvalue weighted by Crippen LogP contribution is -2.14. The lowest BCUT2D eigenvalue weighted by Gasteiger charge is -2.11. The van der Waals surface area contributed by atoms with Crippen molar-refractivity contribution in [1.82, 2.24) is 4.98 Å². The molecule has 0 saturated carbocycles. The zero-order chi connectivity index (χ0) is 16.3. The summed E-state index contributed by atoms with van der Waals surface area (Å²) in [7, 11) is 3.75. The number of aromatic nitrogens is 1. The summed E-state index contributed by atoms with van der Waals surface area (Å²) in [6.45, 7) is 1.60. The van der Waals surface area contributed by atoms with Crippen molar-refractivity contribution < 1.29 is 9.72 Å². The first-order valence-corrected chi connectivity index (χ1v) is 6.58. The van der Waals surface area contributed by atoms with E-state index in [2.05, 4.69) is 10.3 Å². The average Bonchev–Trinajstić information content (AvgIpc) is 2.47. The summed E-state index contributed by atoms with van der Waals surface area (Å²) in [6, 6.07) is 7.80. The van der Waals surface area contributed by atoms with E-state index in [0.717, 1.165) is 5.82 Å². The summed E-state index contributed by atoms with van der Waals surface area (Å²) in [5.41, 5.74) is 1.36. The number of hydrogen-bond acceptors (Lipinski definition) is 5. The van der Waals surface area contributed by atoms with Crippen molar-refractivity contribution in [3.05, 3.63) is 57.8 Å². The topological polar surface area (TPSA) is 88.4 Å². The molecular formula is C15H16N4O3. The number of pyridine rings is 1. The van der Waals surface area contributed by atoms with Crippen LogP contribution in [0, 0.1) is 17.0 Å². The second-order valence-corrected chi connectivity index (χ2v) is 5.01. The third-order valence-corrected chi connectivity index (χ3v) is 3.12. The van der Waals surface area contributed by atoms with Crippen LogP contribution in [0.4, 0.5) is 17.2 Å². The van der Waals surface area contributed by atoms with Crippen LogP contribution < -0.4 is 10.2 Å². The number of nitro benzene ring substituents is 1. The molecule has 1 heterocycles. The van der Waals surface area contributed by atoms with Crippen molar-refractivity contribution in [2.75, 3.05) is 24.3 Å².